The summed E-state index contributed by atoms with van der Waals surface area (Å²) in [6.07, 6.45) is 8.25. The summed E-state index contributed by atoms with van der Waals surface area (Å²) in [6.45, 7) is 14.2. The monoisotopic (exact) mass is 268 g/mol. The van der Waals surface area contributed by atoms with Crippen molar-refractivity contribution in [3.63, 3.8) is 0 Å². The van der Waals surface area contributed by atoms with Gasteiger partial charge in [-0.2, -0.15) is 0 Å². The molecule has 2 heteroatoms. The number of hydrogen-bond acceptors (Lipinski definition) is 2. The highest BCUT2D eigenvalue weighted by Gasteiger charge is 2.29. The van der Waals surface area contributed by atoms with Gasteiger partial charge in [-0.15, -0.1) is 0 Å². The minimum atomic E-state index is 0.517. The van der Waals surface area contributed by atoms with Crippen LogP contribution < -0.4 is 10.6 Å². The molecule has 0 saturated heterocycles. The van der Waals surface area contributed by atoms with Crippen LogP contribution in [0.4, 0.5) is 0 Å². The lowest BCUT2D eigenvalue weighted by Gasteiger charge is -2.37. The first kappa shape index (κ1) is 17.0. The van der Waals surface area contributed by atoms with Gasteiger partial charge in [0.1, 0.15) is 0 Å². The molecule has 2 nitrogen and oxygen atoms in total. The Kier molecular flexibility index (Phi) is 8.01. The summed E-state index contributed by atoms with van der Waals surface area (Å²) in [4.78, 5) is 0. The third-order valence-electron chi connectivity index (χ3n) is 4.64. The van der Waals surface area contributed by atoms with Crippen molar-refractivity contribution in [1.29, 1.82) is 0 Å². The molecular weight excluding hydrogens is 232 g/mol. The lowest BCUT2D eigenvalue weighted by Crippen LogP contribution is -2.31. The SMILES string of the molecule is CCCNCCCNCC1CCC(C(C)(C)C)CC1. The van der Waals surface area contributed by atoms with Gasteiger partial charge in [-0.05, 0) is 82.0 Å². The van der Waals surface area contributed by atoms with Crippen molar-refractivity contribution in [3.05, 3.63) is 0 Å². The Morgan fingerprint density at radius 3 is 2.11 bits per heavy atom. The zero-order valence-corrected chi connectivity index (χ0v) is 13.7. The van der Waals surface area contributed by atoms with Crippen LogP contribution in [0.5, 0.6) is 0 Å². The molecule has 0 heterocycles. The van der Waals surface area contributed by atoms with Gasteiger partial charge >= 0.3 is 0 Å². The van der Waals surface area contributed by atoms with Crippen LogP contribution in [0.15, 0.2) is 0 Å². The third-order valence-corrected chi connectivity index (χ3v) is 4.64. The van der Waals surface area contributed by atoms with Crippen LogP contribution in [-0.2, 0) is 0 Å². The second-order valence-corrected chi connectivity index (χ2v) is 7.39. The van der Waals surface area contributed by atoms with Gasteiger partial charge in [-0.3, -0.25) is 0 Å². The number of hydrogen-bond donors (Lipinski definition) is 2. The van der Waals surface area contributed by atoms with E-state index in [4.69, 9.17) is 0 Å². The molecule has 0 unspecified atom stereocenters. The maximum absolute atomic E-state index is 3.65. The van der Waals surface area contributed by atoms with E-state index in [-0.39, 0.29) is 0 Å². The average Bonchev–Trinajstić information content (AvgIpc) is 2.37. The minimum absolute atomic E-state index is 0.517. The average molecular weight is 268 g/mol. The van der Waals surface area contributed by atoms with Gasteiger partial charge < -0.3 is 10.6 Å². The molecule has 1 rings (SSSR count). The Morgan fingerprint density at radius 2 is 1.53 bits per heavy atom. The molecule has 0 bridgehead atoms. The van der Waals surface area contributed by atoms with E-state index in [0.717, 1.165) is 24.9 Å². The Balaban J connectivity index is 1.98. The first-order valence-electron chi connectivity index (χ1n) is 8.45. The number of rotatable bonds is 8. The number of nitrogens with one attached hydrogen (secondary N) is 2. The van der Waals surface area contributed by atoms with Crippen molar-refractivity contribution in [3.8, 4) is 0 Å². The van der Waals surface area contributed by atoms with Crippen LogP contribution in [0.25, 0.3) is 0 Å². The van der Waals surface area contributed by atoms with E-state index in [1.807, 2.05) is 0 Å². The standard InChI is InChI=1S/C17H36N2/c1-5-11-18-12-6-13-19-14-15-7-9-16(10-8-15)17(2,3)4/h15-16,18-19H,5-14H2,1-4H3. The molecule has 1 aliphatic carbocycles. The van der Waals surface area contributed by atoms with Crippen LogP contribution in [-0.4, -0.2) is 26.2 Å². The van der Waals surface area contributed by atoms with E-state index >= 15 is 0 Å². The van der Waals surface area contributed by atoms with Crippen molar-refractivity contribution < 1.29 is 0 Å². The van der Waals surface area contributed by atoms with E-state index in [0.29, 0.717) is 5.41 Å². The summed E-state index contributed by atoms with van der Waals surface area (Å²) >= 11 is 0. The fourth-order valence-electron chi connectivity index (χ4n) is 3.18. The van der Waals surface area contributed by atoms with Gasteiger partial charge in [0.15, 0.2) is 0 Å². The summed E-state index contributed by atoms with van der Waals surface area (Å²) in [7, 11) is 0. The van der Waals surface area contributed by atoms with Gasteiger partial charge in [0.2, 0.25) is 0 Å². The normalized spacial score (nSPS) is 24.6. The molecule has 1 fully saturated rings. The van der Waals surface area contributed by atoms with Crippen molar-refractivity contribution in [2.45, 2.75) is 66.2 Å². The van der Waals surface area contributed by atoms with Crippen molar-refractivity contribution >= 4 is 0 Å². The predicted octanol–water partition coefficient (Wildman–Crippen LogP) is 3.82. The topological polar surface area (TPSA) is 24.1 Å². The molecule has 0 aromatic rings. The molecule has 0 aromatic heterocycles. The van der Waals surface area contributed by atoms with Crippen LogP contribution in [0.1, 0.15) is 66.2 Å². The highest BCUT2D eigenvalue weighted by atomic mass is 14.9. The smallest absolute Gasteiger partial charge is 0.00205 e. The molecule has 0 aliphatic heterocycles. The van der Waals surface area contributed by atoms with Crippen LogP contribution >= 0.6 is 0 Å². The molecular formula is C17H36N2. The third kappa shape index (κ3) is 7.31. The second-order valence-electron chi connectivity index (χ2n) is 7.39. The maximum Gasteiger partial charge on any atom is -0.00205 e. The molecule has 0 radical (unpaired) electrons. The lowest BCUT2D eigenvalue weighted by molar-refractivity contribution is 0.149. The molecule has 19 heavy (non-hydrogen) atoms. The molecule has 2 N–H and O–H groups in total. The van der Waals surface area contributed by atoms with Crippen LogP contribution in [0, 0.1) is 17.3 Å². The van der Waals surface area contributed by atoms with E-state index in [2.05, 4.69) is 38.3 Å². The molecule has 1 aliphatic rings. The largest absolute Gasteiger partial charge is 0.317 e. The highest BCUT2D eigenvalue weighted by Crippen LogP contribution is 2.39. The van der Waals surface area contributed by atoms with Crippen LogP contribution in [0.3, 0.4) is 0 Å². The Morgan fingerprint density at radius 1 is 0.895 bits per heavy atom. The van der Waals surface area contributed by atoms with Gasteiger partial charge in [-0.25, -0.2) is 0 Å². The Labute approximate surface area is 121 Å². The molecule has 114 valence electrons. The first-order chi connectivity index (χ1) is 9.04. The van der Waals surface area contributed by atoms with Crippen LogP contribution in [0.2, 0.25) is 0 Å². The van der Waals surface area contributed by atoms with E-state index in [9.17, 15) is 0 Å². The van der Waals surface area contributed by atoms with Gasteiger partial charge in [0.25, 0.3) is 0 Å². The van der Waals surface area contributed by atoms with Gasteiger partial charge in [0.05, 0.1) is 0 Å². The van der Waals surface area contributed by atoms with Gasteiger partial charge in [-0.1, -0.05) is 27.7 Å². The summed E-state index contributed by atoms with van der Waals surface area (Å²) in [5.74, 6) is 1.88. The summed E-state index contributed by atoms with van der Waals surface area (Å²) in [6, 6.07) is 0. The fourth-order valence-corrected chi connectivity index (χ4v) is 3.18. The van der Waals surface area contributed by atoms with Crippen molar-refractivity contribution in [2.24, 2.45) is 17.3 Å². The Hall–Kier alpha value is -0.0800. The van der Waals surface area contributed by atoms with E-state index in [1.165, 1.54) is 51.6 Å². The minimum Gasteiger partial charge on any atom is -0.317 e. The highest BCUT2D eigenvalue weighted by molar-refractivity contribution is 4.81. The summed E-state index contributed by atoms with van der Waals surface area (Å²) < 4.78 is 0. The molecule has 0 aromatic carbocycles. The first-order valence-corrected chi connectivity index (χ1v) is 8.45. The molecule has 1 saturated carbocycles. The van der Waals surface area contributed by atoms with E-state index < -0.39 is 0 Å². The zero-order valence-electron chi connectivity index (χ0n) is 13.7. The van der Waals surface area contributed by atoms with Crippen molar-refractivity contribution in [1.82, 2.24) is 10.6 Å². The molecule has 0 amide bonds. The quantitative estimate of drug-likeness (QED) is 0.654. The lowest BCUT2D eigenvalue weighted by atomic mass is 9.70. The fraction of sp³-hybridized carbons (Fsp3) is 1.00. The summed E-state index contributed by atoms with van der Waals surface area (Å²) in [5, 5.41) is 7.10. The van der Waals surface area contributed by atoms with E-state index in [1.54, 1.807) is 0 Å². The predicted molar refractivity (Wildman–Crippen MR) is 85.6 cm³/mol. The summed E-state index contributed by atoms with van der Waals surface area (Å²) in [5.41, 5.74) is 0.517. The maximum atomic E-state index is 3.65. The zero-order chi connectivity index (χ0) is 14.1. The van der Waals surface area contributed by atoms with Crippen molar-refractivity contribution in [2.75, 3.05) is 26.2 Å². The van der Waals surface area contributed by atoms with Gasteiger partial charge in [0, 0.05) is 0 Å². The second kappa shape index (κ2) is 8.97. The molecule has 0 spiro atoms. The molecule has 0 atom stereocenters. The Bertz CT molecular complexity index is 212.